The van der Waals surface area contributed by atoms with E-state index in [-0.39, 0.29) is 41.0 Å². The molecule has 10 nitrogen and oxygen atoms in total. The molecule has 2 aromatic rings. The lowest BCUT2D eigenvalue weighted by molar-refractivity contribution is -0.125. The number of carbonyl (C=O) groups excluding carboxylic acids is 4. The number of piperidine rings is 1. The van der Waals surface area contributed by atoms with Crippen LogP contribution in [-0.4, -0.2) is 98.8 Å². The van der Waals surface area contributed by atoms with Gasteiger partial charge in [-0.25, -0.2) is 0 Å². The van der Waals surface area contributed by atoms with Gasteiger partial charge in [0.15, 0.2) is 0 Å². The Morgan fingerprint density at radius 1 is 0.898 bits per heavy atom. The second-order valence-electron chi connectivity index (χ2n) is 16.0. The number of nitrogens with zero attached hydrogens (tertiary/aromatic N) is 4. The number of piperazine rings is 1. The van der Waals surface area contributed by atoms with E-state index < -0.39 is 6.04 Å². The van der Waals surface area contributed by atoms with Crippen LogP contribution in [-0.2, 0) is 16.1 Å². The highest BCUT2D eigenvalue weighted by Crippen LogP contribution is 2.53. The molecular formula is C39H54N6O4. The lowest BCUT2D eigenvalue weighted by Crippen LogP contribution is -2.63. The Bertz CT molecular complexity index is 1520. The predicted octanol–water partition coefficient (Wildman–Crippen LogP) is 4.33. The largest absolute Gasteiger partial charge is 0.372 e. The van der Waals surface area contributed by atoms with Gasteiger partial charge < -0.3 is 30.1 Å². The highest BCUT2D eigenvalue weighted by atomic mass is 16.2. The van der Waals surface area contributed by atoms with E-state index in [0.29, 0.717) is 24.4 Å². The Morgan fingerprint density at radius 3 is 2.14 bits per heavy atom. The lowest BCUT2D eigenvalue weighted by atomic mass is 9.52. The van der Waals surface area contributed by atoms with Crippen LogP contribution < -0.4 is 20.4 Å². The molecule has 1 atom stereocenters. The number of benzene rings is 2. The minimum Gasteiger partial charge on any atom is -0.372 e. The molecule has 3 fully saturated rings. The van der Waals surface area contributed by atoms with Gasteiger partial charge >= 0.3 is 0 Å². The summed E-state index contributed by atoms with van der Waals surface area (Å²) in [5.41, 5.74) is 4.88. The molecular weight excluding hydrogens is 616 g/mol. The van der Waals surface area contributed by atoms with Gasteiger partial charge in [-0.2, -0.15) is 0 Å². The summed E-state index contributed by atoms with van der Waals surface area (Å²) in [5, 5.41) is 5.95. The topological polar surface area (TPSA) is 105 Å². The van der Waals surface area contributed by atoms with Gasteiger partial charge in [0.25, 0.3) is 11.8 Å². The van der Waals surface area contributed by atoms with Gasteiger partial charge in [-0.05, 0) is 90.5 Å². The van der Waals surface area contributed by atoms with Crippen LogP contribution in [0.4, 0.5) is 11.4 Å². The van der Waals surface area contributed by atoms with Crippen molar-refractivity contribution < 1.29 is 19.2 Å². The maximum absolute atomic E-state index is 13.2. The number of likely N-dealkylation sites (N-methyl/N-ethyl adjacent to an activating group) is 1. The monoisotopic (exact) mass is 670 g/mol. The molecule has 2 N–H and O–H groups in total. The Morgan fingerprint density at radius 2 is 1.53 bits per heavy atom. The van der Waals surface area contributed by atoms with Crippen molar-refractivity contribution >= 4 is 35.4 Å². The Balaban J connectivity index is 0.953. The average molecular weight is 671 g/mol. The van der Waals surface area contributed by atoms with Crippen LogP contribution in [0.2, 0.25) is 0 Å². The fourth-order valence-electron chi connectivity index (χ4n) is 9.26. The minimum absolute atomic E-state index is 0.0209. The molecule has 2 aromatic carbocycles. The number of anilines is 2. The summed E-state index contributed by atoms with van der Waals surface area (Å²) in [5.74, 6) is 0.311. The predicted molar refractivity (Wildman–Crippen MR) is 193 cm³/mol. The molecule has 0 spiro atoms. The van der Waals surface area contributed by atoms with Crippen molar-refractivity contribution in [1.29, 1.82) is 0 Å². The summed E-state index contributed by atoms with van der Waals surface area (Å²) in [6, 6.07) is 13.7. The SMILES string of the molecule is CNC(=O)[C@H](CCC=O)N1Cc2cc(N3CCN(CC4CCN(c5ccc(C(=O)NC6C(C)(C)CC6(C)C)cc5)CC4)CC3)ccc2C1=O. The van der Waals surface area contributed by atoms with E-state index >= 15 is 0 Å². The van der Waals surface area contributed by atoms with E-state index in [4.69, 9.17) is 0 Å². The second-order valence-corrected chi connectivity index (χ2v) is 16.0. The van der Waals surface area contributed by atoms with E-state index in [1.165, 1.54) is 5.69 Å². The summed E-state index contributed by atoms with van der Waals surface area (Å²) >= 11 is 0. The van der Waals surface area contributed by atoms with Gasteiger partial charge in [0, 0.05) is 94.4 Å². The standard InChI is InChI=1S/C39H54N6O4/c1-38(2)26-39(3,4)37(38)41-34(47)28-8-10-30(11-9-28)43-16-14-27(15-17-43)24-42-18-20-44(21-19-42)31-12-13-32-29(23-31)25-45(36(32)49)33(7-6-22-46)35(48)40-5/h8-13,22-23,27,33,37H,6-7,14-21,24-26H2,1-5H3,(H,40,48)(H,41,47)/t33-/m0/s1. The van der Waals surface area contributed by atoms with Crippen molar-refractivity contribution in [1.82, 2.24) is 20.4 Å². The van der Waals surface area contributed by atoms with Crippen LogP contribution in [0.15, 0.2) is 42.5 Å². The van der Waals surface area contributed by atoms with Crippen molar-refractivity contribution in [2.24, 2.45) is 16.7 Å². The summed E-state index contributed by atoms with van der Waals surface area (Å²) in [4.78, 5) is 58.8. The molecule has 10 heteroatoms. The lowest BCUT2D eigenvalue weighted by Gasteiger charge is -2.57. The number of fused-ring (bicyclic) bond motifs is 1. The zero-order chi connectivity index (χ0) is 34.9. The molecule has 3 heterocycles. The first kappa shape index (κ1) is 34.9. The summed E-state index contributed by atoms with van der Waals surface area (Å²) < 4.78 is 0. The highest BCUT2D eigenvalue weighted by Gasteiger charge is 2.53. The maximum Gasteiger partial charge on any atom is 0.255 e. The van der Waals surface area contributed by atoms with E-state index in [1.807, 2.05) is 24.3 Å². The van der Waals surface area contributed by atoms with Crippen LogP contribution in [0, 0.1) is 16.7 Å². The number of aldehydes is 1. The molecule has 6 rings (SSSR count). The number of amides is 3. The average Bonchev–Trinajstić information content (AvgIpc) is 3.42. The Hall–Kier alpha value is -3.92. The first-order chi connectivity index (χ1) is 23.4. The first-order valence-electron chi connectivity index (χ1n) is 18.1. The van der Waals surface area contributed by atoms with Crippen LogP contribution in [0.3, 0.4) is 0 Å². The highest BCUT2D eigenvalue weighted by molar-refractivity contribution is 6.01. The second kappa shape index (κ2) is 14.1. The third kappa shape index (κ3) is 7.35. The molecule has 0 radical (unpaired) electrons. The molecule has 4 aliphatic rings. The van der Waals surface area contributed by atoms with Crippen molar-refractivity contribution in [2.75, 3.05) is 62.7 Å². The molecule has 0 unspecified atom stereocenters. The third-order valence-corrected chi connectivity index (χ3v) is 11.5. The fourth-order valence-corrected chi connectivity index (χ4v) is 9.26. The molecule has 2 saturated heterocycles. The van der Waals surface area contributed by atoms with Crippen molar-refractivity contribution in [3.63, 3.8) is 0 Å². The molecule has 3 aliphatic heterocycles. The molecule has 49 heavy (non-hydrogen) atoms. The van der Waals surface area contributed by atoms with Crippen molar-refractivity contribution in [2.45, 2.75) is 78.4 Å². The zero-order valence-corrected chi connectivity index (χ0v) is 30.0. The van der Waals surface area contributed by atoms with Crippen LogP contribution >= 0.6 is 0 Å². The molecule has 1 saturated carbocycles. The van der Waals surface area contributed by atoms with Crippen LogP contribution in [0.1, 0.15) is 86.1 Å². The summed E-state index contributed by atoms with van der Waals surface area (Å²) in [6.45, 7) is 16.4. The smallest absolute Gasteiger partial charge is 0.255 e. The molecule has 3 amide bonds. The number of hydrogen-bond acceptors (Lipinski definition) is 7. The van der Waals surface area contributed by atoms with Gasteiger partial charge in [-0.15, -0.1) is 0 Å². The number of nitrogens with one attached hydrogen (secondary N) is 2. The molecule has 264 valence electrons. The van der Waals surface area contributed by atoms with E-state index in [2.05, 4.69) is 71.2 Å². The van der Waals surface area contributed by atoms with E-state index in [9.17, 15) is 19.2 Å². The van der Waals surface area contributed by atoms with Crippen molar-refractivity contribution in [3.05, 3.63) is 59.2 Å². The Labute approximate surface area is 291 Å². The van der Waals surface area contributed by atoms with Gasteiger partial charge in [-0.1, -0.05) is 27.7 Å². The summed E-state index contributed by atoms with van der Waals surface area (Å²) in [7, 11) is 1.56. The van der Waals surface area contributed by atoms with E-state index in [0.717, 1.165) is 88.2 Å². The van der Waals surface area contributed by atoms with Gasteiger partial charge in [-0.3, -0.25) is 19.3 Å². The van der Waals surface area contributed by atoms with Crippen LogP contribution in [0.25, 0.3) is 0 Å². The molecule has 1 aliphatic carbocycles. The number of rotatable bonds is 11. The first-order valence-corrected chi connectivity index (χ1v) is 18.1. The molecule has 0 bridgehead atoms. The van der Waals surface area contributed by atoms with Gasteiger partial charge in [0.1, 0.15) is 12.3 Å². The third-order valence-electron chi connectivity index (χ3n) is 11.5. The maximum atomic E-state index is 13.2. The number of hydrogen-bond donors (Lipinski definition) is 2. The van der Waals surface area contributed by atoms with Crippen molar-refractivity contribution in [3.8, 4) is 0 Å². The van der Waals surface area contributed by atoms with Crippen LogP contribution in [0.5, 0.6) is 0 Å². The van der Waals surface area contributed by atoms with Gasteiger partial charge in [0.2, 0.25) is 5.91 Å². The zero-order valence-electron chi connectivity index (χ0n) is 30.0. The summed E-state index contributed by atoms with van der Waals surface area (Å²) in [6.07, 6.45) is 4.79. The van der Waals surface area contributed by atoms with E-state index in [1.54, 1.807) is 11.9 Å². The fraction of sp³-hybridized carbons (Fsp3) is 0.590. The minimum atomic E-state index is -0.648. The van der Waals surface area contributed by atoms with Gasteiger partial charge in [0.05, 0.1) is 0 Å². The Kier molecular flexibility index (Phi) is 10.1. The molecule has 0 aromatic heterocycles. The quantitative estimate of drug-likeness (QED) is 0.343. The normalized spacial score (nSPS) is 21.6. The number of carbonyl (C=O) groups is 4.